The van der Waals surface area contributed by atoms with Crippen LogP contribution in [-0.4, -0.2) is 18.6 Å². The standard InChI is InChI=1S/C3H7BFO2/c1-3(2,5)7-4-6/h6H,1-2H3. The number of rotatable bonds is 2. The zero-order valence-corrected chi connectivity index (χ0v) is 4.31. The van der Waals surface area contributed by atoms with Crippen LogP contribution in [0.4, 0.5) is 4.39 Å². The summed E-state index contributed by atoms with van der Waals surface area (Å²) in [6.07, 6.45) is 0. The van der Waals surface area contributed by atoms with E-state index < -0.39 is 5.85 Å². The van der Waals surface area contributed by atoms with Crippen LogP contribution in [0.15, 0.2) is 0 Å². The van der Waals surface area contributed by atoms with Crippen LogP contribution in [0.5, 0.6) is 0 Å². The largest absolute Gasteiger partial charge is 0.487 e. The molecule has 0 heterocycles. The molecule has 0 saturated carbocycles. The van der Waals surface area contributed by atoms with Gasteiger partial charge in [-0.25, -0.2) is 4.39 Å². The van der Waals surface area contributed by atoms with Gasteiger partial charge in [-0.2, -0.15) is 0 Å². The van der Waals surface area contributed by atoms with Crippen molar-refractivity contribution in [2.75, 3.05) is 0 Å². The summed E-state index contributed by atoms with van der Waals surface area (Å²) in [5, 5.41) is 7.81. The van der Waals surface area contributed by atoms with Crippen LogP contribution < -0.4 is 0 Å². The maximum absolute atomic E-state index is 12.0. The summed E-state index contributed by atoms with van der Waals surface area (Å²) in [4.78, 5) is 0. The summed E-state index contributed by atoms with van der Waals surface area (Å²) in [7, 11) is 0.333. The number of hydrogen-bond donors (Lipinski definition) is 1. The lowest BCUT2D eigenvalue weighted by molar-refractivity contribution is -0.0342. The van der Waals surface area contributed by atoms with Gasteiger partial charge in [-0.1, -0.05) is 0 Å². The average Bonchev–Trinajstić information content (AvgIpc) is 1.30. The minimum absolute atomic E-state index is 0.333. The molecule has 0 fully saturated rings. The van der Waals surface area contributed by atoms with Crippen molar-refractivity contribution in [1.29, 1.82) is 0 Å². The molecule has 0 rings (SSSR count). The fourth-order valence-corrected chi connectivity index (χ4v) is 0.125. The molecule has 0 saturated heterocycles. The molecule has 2 nitrogen and oxygen atoms in total. The third-order valence-electron chi connectivity index (χ3n) is 0.333. The highest BCUT2D eigenvalue weighted by Gasteiger charge is 2.14. The minimum atomic E-state index is -1.76. The topological polar surface area (TPSA) is 29.5 Å². The molecule has 0 aliphatic heterocycles. The molecule has 4 heteroatoms. The van der Waals surface area contributed by atoms with Gasteiger partial charge in [0.15, 0.2) is 5.85 Å². The Labute approximate surface area is 42.6 Å². The Morgan fingerprint density at radius 3 is 2.14 bits per heavy atom. The van der Waals surface area contributed by atoms with E-state index in [4.69, 9.17) is 5.02 Å². The van der Waals surface area contributed by atoms with Crippen LogP contribution in [0, 0.1) is 0 Å². The van der Waals surface area contributed by atoms with E-state index >= 15 is 0 Å². The molecular weight excluding hydrogens is 97.8 g/mol. The van der Waals surface area contributed by atoms with E-state index in [0.717, 1.165) is 0 Å². The first kappa shape index (κ1) is 6.91. The lowest BCUT2D eigenvalue weighted by Gasteiger charge is -2.10. The van der Waals surface area contributed by atoms with Gasteiger partial charge in [0.05, 0.1) is 0 Å². The normalized spacial score (nSPS) is 11.4. The van der Waals surface area contributed by atoms with Gasteiger partial charge in [0.1, 0.15) is 0 Å². The van der Waals surface area contributed by atoms with Crippen LogP contribution in [0.25, 0.3) is 0 Å². The predicted molar refractivity (Wildman–Crippen MR) is 24.2 cm³/mol. The van der Waals surface area contributed by atoms with Crippen molar-refractivity contribution in [2.45, 2.75) is 19.7 Å². The molecule has 0 amide bonds. The summed E-state index contributed by atoms with van der Waals surface area (Å²) >= 11 is 0. The van der Waals surface area contributed by atoms with Crippen molar-refractivity contribution < 1.29 is 14.1 Å². The van der Waals surface area contributed by atoms with E-state index in [1.807, 2.05) is 0 Å². The van der Waals surface area contributed by atoms with Gasteiger partial charge in [-0.05, 0) is 13.8 Å². The molecule has 41 valence electrons. The summed E-state index contributed by atoms with van der Waals surface area (Å²) in [5.74, 6) is -1.76. The monoisotopic (exact) mass is 105 g/mol. The number of hydrogen-bond acceptors (Lipinski definition) is 2. The minimum Gasteiger partial charge on any atom is -0.429 e. The molecule has 1 radical (unpaired) electrons. The maximum Gasteiger partial charge on any atom is 0.487 e. The third-order valence-corrected chi connectivity index (χ3v) is 0.333. The summed E-state index contributed by atoms with van der Waals surface area (Å²) in [6.45, 7) is 2.39. The molecule has 0 unspecified atom stereocenters. The van der Waals surface area contributed by atoms with Gasteiger partial charge in [0, 0.05) is 0 Å². The van der Waals surface area contributed by atoms with Crippen molar-refractivity contribution in [2.24, 2.45) is 0 Å². The summed E-state index contributed by atoms with van der Waals surface area (Å²) < 4.78 is 16.0. The van der Waals surface area contributed by atoms with E-state index in [0.29, 0.717) is 7.69 Å². The lowest BCUT2D eigenvalue weighted by Crippen LogP contribution is -2.19. The van der Waals surface area contributed by atoms with Gasteiger partial charge >= 0.3 is 7.69 Å². The van der Waals surface area contributed by atoms with E-state index in [1.54, 1.807) is 0 Å². The first-order chi connectivity index (χ1) is 3.06. The lowest BCUT2D eigenvalue weighted by atomic mass is 10.3. The third kappa shape index (κ3) is 5.91. The first-order valence-corrected chi connectivity index (χ1v) is 1.89. The van der Waals surface area contributed by atoms with Crippen molar-refractivity contribution in [3.05, 3.63) is 0 Å². The zero-order valence-electron chi connectivity index (χ0n) is 4.31. The van der Waals surface area contributed by atoms with Crippen LogP contribution >= 0.6 is 0 Å². The van der Waals surface area contributed by atoms with Crippen LogP contribution in [0.1, 0.15) is 13.8 Å². The van der Waals surface area contributed by atoms with Crippen LogP contribution in [-0.2, 0) is 4.65 Å². The van der Waals surface area contributed by atoms with E-state index in [9.17, 15) is 4.39 Å². The van der Waals surface area contributed by atoms with Gasteiger partial charge in [0.25, 0.3) is 0 Å². The molecule has 0 aliphatic carbocycles. The molecule has 0 atom stereocenters. The van der Waals surface area contributed by atoms with E-state index in [-0.39, 0.29) is 0 Å². The van der Waals surface area contributed by atoms with Gasteiger partial charge in [-0.15, -0.1) is 0 Å². The van der Waals surface area contributed by atoms with Gasteiger partial charge in [-0.3, -0.25) is 0 Å². The van der Waals surface area contributed by atoms with Gasteiger partial charge in [0.2, 0.25) is 0 Å². The van der Waals surface area contributed by atoms with Crippen molar-refractivity contribution >= 4 is 7.69 Å². The highest BCUT2D eigenvalue weighted by Crippen LogP contribution is 2.06. The smallest absolute Gasteiger partial charge is 0.429 e. The predicted octanol–water partition coefficient (Wildman–Crippen LogP) is 0.235. The first-order valence-electron chi connectivity index (χ1n) is 1.89. The van der Waals surface area contributed by atoms with E-state index in [1.165, 1.54) is 13.8 Å². The van der Waals surface area contributed by atoms with Gasteiger partial charge < -0.3 is 9.68 Å². The molecule has 1 N–H and O–H groups in total. The Morgan fingerprint density at radius 2 is 2.14 bits per heavy atom. The molecule has 0 aromatic carbocycles. The Balaban J connectivity index is 3.15. The Hall–Kier alpha value is -0.0851. The fraction of sp³-hybridized carbons (Fsp3) is 1.00. The van der Waals surface area contributed by atoms with Crippen molar-refractivity contribution in [3.63, 3.8) is 0 Å². The summed E-state index contributed by atoms with van der Waals surface area (Å²) in [6, 6.07) is 0. The molecular formula is C3H7BFO2. The van der Waals surface area contributed by atoms with Crippen LogP contribution in [0.3, 0.4) is 0 Å². The van der Waals surface area contributed by atoms with E-state index in [2.05, 4.69) is 4.65 Å². The SMILES string of the molecule is CC(C)(F)O[B]O. The second kappa shape index (κ2) is 2.28. The van der Waals surface area contributed by atoms with Crippen LogP contribution in [0.2, 0.25) is 0 Å². The second-order valence-corrected chi connectivity index (χ2v) is 1.59. The fourth-order valence-electron chi connectivity index (χ4n) is 0.125. The molecule has 0 spiro atoms. The maximum atomic E-state index is 12.0. The molecule has 0 aromatic rings. The zero-order chi connectivity index (χ0) is 5.91. The second-order valence-electron chi connectivity index (χ2n) is 1.59. The Kier molecular flexibility index (Phi) is 2.25. The Morgan fingerprint density at radius 1 is 1.71 bits per heavy atom. The Bertz CT molecular complexity index is 51.4. The number of alkyl halides is 1. The van der Waals surface area contributed by atoms with Crippen molar-refractivity contribution in [1.82, 2.24) is 0 Å². The summed E-state index contributed by atoms with van der Waals surface area (Å²) in [5.41, 5.74) is 0. The highest BCUT2D eigenvalue weighted by atomic mass is 19.2. The highest BCUT2D eigenvalue weighted by molar-refractivity contribution is 6.15. The number of halogens is 1. The molecule has 0 bridgehead atoms. The molecule has 7 heavy (non-hydrogen) atoms. The van der Waals surface area contributed by atoms with Crippen molar-refractivity contribution in [3.8, 4) is 0 Å². The average molecular weight is 105 g/mol. The molecule has 0 aromatic heterocycles. The molecule has 0 aliphatic rings. The quantitative estimate of drug-likeness (QED) is 0.509.